The first-order valence-electron chi connectivity index (χ1n) is 2.71. The molecule has 0 N–H and O–H groups in total. The van der Waals surface area contributed by atoms with Crippen LogP contribution in [0.2, 0.25) is 0 Å². The van der Waals surface area contributed by atoms with Crippen LogP contribution in [0.4, 0.5) is 0 Å². The van der Waals surface area contributed by atoms with Gasteiger partial charge in [0.25, 0.3) is 0 Å². The van der Waals surface area contributed by atoms with Crippen LogP contribution >= 0.6 is 0 Å². The summed E-state index contributed by atoms with van der Waals surface area (Å²) in [5.74, 6) is 0. The molecule has 1 fully saturated rings. The summed E-state index contributed by atoms with van der Waals surface area (Å²) in [5.41, 5.74) is 0. The Labute approximate surface area is 47.7 Å². The third kappa shape index (κ3) is 0.537. The first kappa shape index (κ1) is 4.15. The number of nitrogens with zero attached hydrogens (tertiary/aromatic N) is 1. The van der Waals surface area contributed by atoms with E-state index < -0.39 is 0 Å². The van der Waals surface area contributed by atoms with Gasteiger partial charge in [-0.1, -0.05) is 0 Å². The van der Waals surface area contributed by atoms with E-state index in [1.807, 2.05) is 24.5 Å². The summed E-state index contributed by atoms with van der Waals surface area (Å²) in [7, 11) is 0. The highest BCUT2D eigenvalue weighted by molar-refractivity contribution is 4.93. The fraction of sp³-hybridized carbons (Fsp3) is 0.333. The molecule has 1 saturated heterocycles. The SMILES string of the molecule is c1ccn(C2CO2)c1. The Morgan fingerprint density at radius 3 is 2.50 bits per heavy atom. The van der Waals surface area contributed by atoms with E-state index in [1.54, 1.807) is 0 Å². The lowest BCUT2D eigenvalue weighted by atomic mass is 10.7. The molecule has 8 heavy (non-hydrogen) atoms. The molecule has 2 nitrogen and oxygen atoms in total. The maximum absolute atomic E-state index is 5.02. The first-order chi connectivity index (χ1) is 3.97. The van der Waals surface area contributed by atoms with E-state index in [9.17, 15) is 0 Å². The molecule has 1 aliphatic heterocycles. The van der Waals surface area contributed by atoms with Crippen molar-refractivity contribution in [2.45, 2.75) is 6.23 Å². The molecule has 42 valence electrons. The van der Waals surface area contributed by atoms with Gasteiger partial charge in [0, 0.05) is 12.4 Å². The zero-order valence-electron chi connectivity index (χ0n) is 4.45. The van der Waals surface area contributed by atoms with Crippen LogP contribution in [0.5, 0.6) is 0 Å². The van der Waals surface area contributed by atoms with Crippen molar-refractivity contribution in [2.75, 3.05) is 6.61 Å². The topological polar surface area (TPSA) is 17.5 Å². The van der Waals surface area contributed by atoms with Crippen molar-refractivity contribution in [1.29, 1.82) is 0 Å². The Bertz CT molecular complexity index is 165. The van der Waals surface area contributed by atoms with Crippen molar-refractivity contribution in [3.8, 4) is 0 Å². The molecule has 0 bridgehead atoms. The van der Waals surface area contributed by atoms with E-state index in [0.717, 1.165) is 6.61 Å². The number of epoxide rings is 1. The summed E-state index contributed by atoms with van der Waals surface area (Å²) in [5, 5.41) is 0. The van der Waals surface area contributed by atoms with Gasteiger partial charge in [0.05, 0.1) is 6.61 Å². The van der Waals surface area contributed by atoms with Crippen LogP contribution < -0.4 is 0 Å². The molecule has 0 aliphatic carbocycles. The van der Waals surface area contributed by atoms with Gasteiger partial charge in [0.2, 0.25) is 0 Å². The molecule has 0 saturated carbocycles. The maximum Gasteiger partial charge on any atom is 0.157 e. The molecule has 0 aromatic carbocycles. The van der Waals surface area contributed by atoms with Gasteiger partial charge in [0.15, 0.2) is 6.23 Å². The van der Waals surface area contributed by atoms with Crippen molar-refractivity contribution >= 4 is 0 Å². The fourth-order valence-electron chi connectivity index (χ4n) is 0.755. The van der Waals surface area contributed by atoms with Crippen LogP contribution in [0, 0.1) is 0 Å². The molecule has 1 aromatic heterocycles. The van der Waals surface area contributed by atoms with Crippen LogP contribution in [-0.2, 0) is 4.74 Å². The van der Waals surface area contributed by atoms with Crippen molar-refractivity contribution in [3.05, 3.63) is 24.5 Å². The van der Waals surface area contributed by atoms with Crippen LogP contribution in [0.25, 0.3) is 0 Å². The van der Waals surface area contributed by atoms with Crippen molar-refractivity contribution < 1.29 is 4.74 Å². The van der Waals surface area contributed by atoms with E-state index in [-0.39, 0.29) is 0 Å². The van der Waals surface area contributed by atoms with E-state index >= 15 is 0 Å². The second kappa shape index (κ2) is 1.36. The molecular formula is C6H7NO. The van der Waals surface area contributed by atoms with Gasteiger partial charge in [-0.25, -0.2) is 0 Å². The molecule has 0 amide bonds. The molecule has 1 atom stereocenters. The highest BCUT2D eigenvalue weighted by Crippen LogP contribution is 2.21. The van der Waals surface area contributed by atoms with E-state index in [0.29, 0.717) is 6.23 Å². The van der Waals surface area contributed by atoms with Crippen LogP contribution in [0.3, 0.4) is 0 Å². The highest BCUT2D eigenvalue weighted by atomic mass is 16.6. The van der Waals surface area contributed by atoms with E-state index in [1.165, 1.54) is 0 Å². The minimum absolute atomic E-state index is 0.352. The number of rotatable bonds is 1. The van der Waals surface area contributed by atoms with Crippen LogP contribution in [0.15, 0.2) is 24.5 Å². The Morgan fingerprint density at radius 2 is 2.00 bits per heavy atom. The highest BCUT2D eigenvalue weighted by Gasteiger charge is 2.22. The lowest BCUT2D eigenvalue weighted by Gasteiger charge is -1.89. The fourth-order valence-corrected chi connectivity index (χ4v) is 0.755. The maximum atomic E-state index is 5.02. The third-order valence-electron chi connectivity index (χ3n) is 1.28. The average Bonchev–Trinajstić information content (AvgIpc) is 2.49. The van der Waals surface area contributed by atoms with E-state index in [2.05, 4.69) is 4.57 Å². The van der Waals surface area contributed by atoms with E-state index in [4.69, 9.17) is 4.74 Å². The average molecular weight is 109 g/mol. The molecule has 2 heterocycles. The largest absolute Gasteiger partial charge is 0.351 e. The number of hydrogen-bond donors (Lipinski definition) is 0. The standard InChI is InChI=1S/C6H7NO/c1-2-4-7(3-1)6-5-8-6/h1-4,6H,5H2. The molecule has 1 unspecified atom stereocenters. The Kier molecular flexibility index (Phi) is 0.704. The molecule has 1 aliphatic rings. The summed E-state index contributed by atoms with van der Waals surface area (Å²) in [6.07, 6.45) is 4.38. The van der Waals surface area contributed by atoms with Gasteiger partial charge in [-0.05, 0) is 12.1 Å². The van der Waals surface area contributed by atoms with Gasteiger partial charge < -0.3 is 9.30 Å². The number of ether oxygens (including phenoxy) is 1. The summed E-state index contributed by atoms with van der Waals surface area (Å²) in [6, 6.07) is 4.00. The predicted octanol–water partition coefficient (Wildman–Crippen LogP) is 1.02. The Balaban J connectivity index is 2.28. The molecular weight excluding hydrogens is 102 g/mol. The quantitative estimate of drug-likeness (QED) is 0.492. The van der Waals surface area contributed by atoms with Crippen LogP contribution in [0.1, 0.15) is 6.23 Å². The van der Waals surface area contributed by atoms with Crippen molar-refractivity contribution in [1.82, 2.24) is 4.57 Å². The van der Waals surface area contributed by atoms with Gasteiger partial charge in [-0.15, -0.1) is 0 Å². The normalized spacial score (nSPS) is 25.8. The number of hydrogen-bond acceptors (Lipinski definition) is 1. The van der Waals surface area contributed by atoms with Gasteiger partial charge >= 0.3 is 0 Å². The smallest absolute Gasteiger partial charge is 0.157 e. The monoisotopic (exact) mass is 109 g/mol. The zero-order valence-corrected chi connectivity index (χ0v) is 4.45. The molecule has 1 aromatic rings. The van der Waals surface area contributed by atoms with Crippen molar-refractivity contribution in [3.63, 3.8) is 0 Å². The Morgan fingerprint density at radius 1 is 1.38 bits per heavy atom. The molecule has 0 spiro atoms. The summed E-state index contributed by atoms with van der Waals surface area (Å²) >= 11 is 0. The molecule has 2 rings (SSSR count). The summed E-state index contributed by atoms with van der Waals surface area (Å²) in [4.78, 5) is 0. The van der Waals surface area contributed by atoms with Gasteiger partial charge in [0.1, 0.15) is 0 Å². The zero-order chi connectivity index (χ0) is 5.40. The first-order valence-corrected chi connectivity index (χ1v) is 2.71. The molecule has 2 heteroatoms. The minimum atomic E-state index is 0.352. The summed E-state index contributed by atoms with van der Waals surface area (Å²) < 4.78 is 7.07. The lowest BCUT2D eigenvalue weighted by Crippen LogP contribution is -1.87. The summed E-state index contributed by atoms with van der Waals surface area (Å²) in [6.45, 7) is 0.884. The Hall–Kier alpha value is -0.760. The number of aromatic nitrogens is 1. The molecule has 0 radical (unpaired) electrons. The van der Waals surface area contributed by atoms with Crippen LogP contribution in [-0.4, -0.2) is 11.2 Å². The minimum Gasteiger partial charge on any atom is -0.351 e. The second-order valence-electron chi connectivity index (χ2n) is 1.92. The van der Waals surface area contributed by atoms with Gasteiger partial charge in [-0.3, -0.25) is 0 Å². The third-order valence-corrected chi connectivity index (χ3v) is 1.28. The predicted molar refractivity (Wildman–Crippen MR) is 29.4 cm³/mol. The second-order valence-corrected chi connectivity index (χ2v) is 1.92. The lowest BCUT2D eigenvalue weighted by molar-refractivity contribution is 0.355. The van der Waals surface area contributed by atoms with Gasteiger partial charge in [-0.2, -0.15) is 0 Å². The van der Waals surface area contributed by atoms with Crippen molar-refractivity contribution in [2.24, 2.45) is 0 Å².